The molecule has 1 aliphatic carbocycles. The third-order valence-corrected chi connectivity index (χ3v) is 2.50. The largest absolute Gasteiger partial charge is 0.467 e. The highest BCUT2D eigenvalue weighted by Gasteiger charge is 2.26. The molecule has 0 saturated carbocycles. The zero-order chi connectivity index (χ0) is 14.6. The third-order valence-electron chi connectivity index (χ3n) is 2.50. The standard InChI is InChI=1S/C14H21NO4.H2/c1-9-6-10(7-9)8-11(12(16)18-5)15-13(17)19-14(2,3)4;/h11H,6,8H2,1-5H3,(H,15,17);1H/t11-;/m1./s1. The fourth-order valence-corrected chi connectivity index (χ4v) is 1.76. The van der Waals surface area contributed by atoms with Crippen LogP contribution in [0.4, 0.5) is 4.79 Å². The van der Waals surface area contributed by atoms with Crippen LogP contribution >= 0.6 is 0 Å². The number of carbonyl (C=O) groups is 2. The van der Waals surface area contributed by atoms with Crippen LogP contribution in [0.25, 0.3) is 0 Å². The predicted octanol–water partition coefficient (Wildman–Crippen LogP) is 2.56. The molecule has 108 valence electrons. The lowest BCUT2D eigenvalue weighted by molar-refractivity contribution is -0.143. The second-order valence-electron chi connectivity index (χ2n) is 5.61. The minimum atomic E-state index is -0.726. The van der Waals surface area contributed by atoms with E-state index >= 15 is 0 Å². The molecule has 0 saturated heterocycles. The molecule has 0 spiro atoms. The van der Waals surface area contributed by atoms with Crippen molar-refractivity contribution >= 4 is 12.1 Å². The molecule has 5 heteroatoms. The molecule has 0 aromatic carbocycles. The number of hydrogen-bond acceptors (Lipinski definition) is 4. The van der Waals surface area contributed by atoms with E-state index in [4.69, 9.17) is 4.74 Å². The van der Waals surface area contributed by atoms with Crippen LogP contribution in [0.5, 0.6) is 0 Å². The van der Waals surface area contributed by atoms with Crippen molar-refractivity contribution in [2.75, 3.05) is 7.11 Å². The Bertz CT molecular complexity index is 445. The summed E-state index contributed by atoms with van der Waals surface area (Å²) in [6.45, 7) is 7.26. The van der Waals surface area contributed by atoms with Crippen molar-refractivity contribution in [2.45, 2.75) is 52.2 Å². The summed E-state index contributed by atoms with van der Waals surface area (Å²) in [4.78, 5) is 23.3. The van der Waals surface area contributed by atoms with Crippen LogP contribution in [0.2, 0.25) is 0 Å². The lowest BCUT2D eigenvalue weighted by Crippen LogP contribution is -2.44. The van der Waals surface area contributed by atoms with Gasteiger partial charge in [0.25, 0.3) is 0 Å². The second kappa shape index (κ2) is 5.93. The maximum absolute atomic E-state index is 11.7. The van der Waals surface area contributed by atoms with E-state index in [0.29, 0.717) is 6.42 Å². The molecule has 1 amide bonds. The van der Waals surface area contributed by atoms with Gasteiger partial charge >= 0.3 is 12.1 Å². The number of hydrogen-bond donors (Lipinski definition) is 1. The van der Waals surface area contributed by atoms with Gasteiger partial charge in [0.15, 0.2) is 0 Å². The molecule has 0 bridgehead atoms. The van der Waals surface area contributed by atoms with E-state index in [2.05, 4.69) is 15.8 Å². The van der Waals surface area contributed by atoms with Gasteiger partial charge in [-0.05, 0) is 38.8 Å². The highest BCUT2D eigenvalue weighted by molar-refractivity contribution is 5.81. The Morgan fingerprint density at radius 3 is 2.47 bits per heavy atom. The molecule has 1 atom stereocenters. The number of esters is 1. The second-order valence-corrected chi connectivity index (χ2v) is 5.61. The number of nitrogens with one attached hydrogen (secondary N) is 1. The highest BCUT2D eigenvalue weighted by atomic mass is 16.6. The van der Waals surface area contributed by atoms with Gasteiger partial charge in [0.05, 0.1) is 7.11 Å². The molecule has 1 rings (SSSR count). The molecule has 1 aliphatic rings. The van der Waals surface area contributed by atoms with Gasteiger partial charge in [-0.1, -0.05) is 0 Å². The smallest absolute Gasteiger partial charge is 0.408 e. The van der Waals surface area contributed by atoms with Crippen LogP contribution < -0.4 is 5.32 Å². The van der Waals surface area contributed by atoms with Crippen molar-refractivity contribution in [1.82, 2.24) is 5.32 Å². The molecule has 0 unspecified atom stereocenters. The van der Waals surface area contributed by atoms with Crippen LogP contribution in [0, 0.1) is 0 Å². The summed E-state index contributed by atoms with van der Waals surface area (Å²) in [6.07, 6.45) is 0.607. The highest BCUT2D eigenvalue weighted by Crippen LogP contribution is 2.23. The van der Waals surface area contributed by atoms with Gasteiger partial charge in [0.1, 0.15) is 11.6 Å². The molecule has 0 aromatic rings. The predicted molar refractivity (Wildman–Crippen MR) is 72.7 cm³/mol. The van der Waals surface area contributed by atoms with Gasteiger partial charge in [-0.3, -0.25) is 0 Å². The third kappa shape index (κ3) is 5.18. The van der Waals surface area contributed by atoms with Crippen LogP contribution in [0.3, 0.4) is 0 Å². The average Bonchev–Trinajstić information content (AvgIpc) is 2.22. The van der Waals surface area contributed by atoms with Gasteiger partial charge in [0, 0.05) is 14.3 Å². The lowest BCUT2D eigenvalue weighted by atomic mass is 9.93. The van der Waals surface area contributed by atoms with Crippen LogP contribution in [0.15, 0.2) is 16.9 Å². The minimum Gasteiger partial charge on any atom is -0.467 e. The van der Waals surface area contributed by atoms with Gasteiger partial charge in [-0.2, -0.15) is 0 Å². The summed E-state index contributed by atoms with van der Waals surface area (Å²) >= 11 is 0. The molecule has 0 fully saturated rings. The van der Waals surface area contributed by atoms with Gasteiger partial charge in [0.2, 0.25) is 0 Å². The van der Waals surface area contributed by atoms with E-state index in [1.54, 1.807) is 20.8 Å². The maximum Gasteiger partial charge on any atom is 0.408 e. The molecule has 0 aromatic heterocycles. The number of rotatable bonds is 4. The summed E-state index contributed by atoms with van der Waals surface area (Å²) in [5.74, 6) is -0.482. The van der Waals surface area contributed by atoms with E-state index in [9.17, 15) is 9.59 Å². The number of amides is 1. The van der Waals surface area contributed by atoms with E-state index in [-0.39, 0.29) is 1.43 Å². The zero-order valence-corrected chi connectivity index (χ0v) is 12.1. The number of carbonyl (C=O) groups excluding carboxylic acids is 2. The molecular weight excluding hydrogens is 246 g/mol. The molecule has 5 nitrogen and oxygen atoms in total. The first-order chi connectivity index (χ1) is 8.71. The Labute approximate surface area is 115 Å². The SMILES string of the molecule is COC(=O)[C@@H](CC1=C=C(C)C1)NC(=O)OC(C)(C)C.[HH]. The topological polar surface area (TPSA) is 64.6 Å². The Morgan fingerprint density at radius 2 is 2.05 bits per heavy atom. The summed E-state index contributed by atoms with van der Waals surface area (Å²) < 4.78 is 9.81. The zero-order valence-electron chi connectivity index (χ0n) is 12.1. The molecule has 0 radical (unpaired) electrons. The molecule has 1 N–H and O–H groups in total. The fourth-order valence-electron chi connectivity index (χ4n) is 1.76. The van der Waals surface area contributed by atoms with Crippen molar-refractivity contribution in [2.24, 2.45) is 0 Å². The monoisotopic (exact) mass is 269 g/mol. The molecule has 19 heavy (non-hydrogen) atoms. The summed E-state index contributed by atoms with van der Waals surface area (Å²) in [6, 6.07) is -0.726. The van der Waals surface area contributed by atoms with E-state index in [1.165, 1.54) is 7.11 Å². The molecular formula is C14H23NO4. The van der Waals surface area contributed by atoms with Crippen molar-refractivity contribution < 1.29 is 20.5 Å². The summed E-state index contributed by atoms with van der Waals surface area (Å²) in [5, 5.41) is 2.53. The summed E-state index contributed by atoms with van der Waals surface area (Å²) in [7, 11) is 1.29. The Morgan fingerprint density at radius 1 is 1.47 bits per heavy atom. The normalized spacial score (nSPS) is 15.6. The number of methoxy groups -OCH3 is 1. The summed E-state index contributed by atoms with van der Waals surface area (Å²) in [5.41, 5.74) is 4.66. The number of alkyl carbamates (subject to hydrolysis) is 1. The molecule has 0 heterocycles. The van der Waals surface area contributed by atoms with Crippen molar-refractivity contribution in [3.8, 4) is 0 Å². The quantitative estimate of drug-likeness (QED) is 0.629. The first-order valence-corrected chi connectivity index (χ1v) is 6.23. The Kier molecular flexibility index (Phi) is 4.78. The van der Waals surface area contributed by atoms with Gasteiger partial charge in [-0.15, -0.1) is 5.73 Å². The Hall–Kier alpha value is -1.74. The van der Waals surface area contributed by atoms with Crippen LogP contribution in [-0.2, 0) is 14.3 Å². The van der Waals surface area contributed by atoms with Crippen molar-refractivity contribution in [3.63, 3.8) is 0 Å². The van der Waals surface area contributed by atoms with E-state index in [0.717, 1.165) is 17.6 Å². The van der Waals surface area contributed by atoms with Gasteiger partial charge < -0.3 is 14.8 Å². The van der Waals surface area contributed by atoms with Crippen molar-refractivity contribution in [3.05, 3.63) is 16.9 Å². The number of ether oxygens (including phenoxy) is 2. The molecule has 0 aliphatic heterocycles. The average molecular weight is 269 g/mol. The van der Waals surface area contributed by atoms with E-state index in [1.807, 2.05) is 6.92 Å². The minimum absolute atomic E-state index is 0. The first kappa shape index (κ1) is 15.3. The lowest BCUT2D eigenvalue weighted by Gasteiger charge is -2.23. The van der Waals surface area contributed by atoms with Crippen LogP contribution in [0.1, 0.15) is 42.0 Å². The first-order valence-electron chi connectivity index (χ1n) is 6.23. The van der Waals surface area contributed by atoms with Crippen molar-refractivity contribution in [1.29, 1.82) is 0 Å². The van der Waals surface area contributed by atoms with Crippen LogP contribution in [-0.4, -0.2) is 30.8 Å². The van der Waals surface area contributed by atoms with E-state index < -0.39 is 23.7 Å². The maximum atomic E-state index is 11.7. The Balaban J connectivity index is 0.00000361. The fraction of sp³-hybridized carbons (Fsp3) is 0.643. The van der Waals surface area contributed by atoms with Gasteiger partial charge in [-0.25, -0.2) is 9.59 Å².